The van der Waals surface area contributed by atoms with Crippen molar-refractivity contribution in [1.82, 2.24) is 0 Å². The van der Waals surface area contributed by atoms with Gasteiger partial charge < -0.3 is 0 Å². The Morgan fingerprint density at radius 2 is 1.47 bits per heavy atom. The van der Waals surface area contributed by atoms with Gasteiger partial charge in [0.1, 0.15) is 0 Å². The molecule has 2 heteroatoms. The zero-order valence-electron chi connectivity index (χ0n) is 9.66. The summed E-state index contributed by atoms with van der Waals surface area (Å²) < 4.78 is 0. The van der Waals surface area contributed by atoms with Crippen LogP contribution in [0.15, 0.2) is 29.8 Å². The SMILES string of the molecule is O=C1CCCC/C1=C1/CC(=O)c2ccccc21. The van der Waals surface area contributed by atoms with Gasteiger partial charge in [-0.3, -0.25) is 9.59 Å². The number of benzene rings is 1. The van der Waals surface area contributed by atoms with Crippen molar-refractivity contribution in [2.75, 3.05) is 0 Å². The minimum absolute atomic E-state index is 0.154. The summed E-state index contributed by atoms with van der Waals surface area (Å²) in [7, 11) is 0. The van der Waals surface area contributed by atoms with E-state index in [4.69, 9.17) is 0 Å². The summed E-state index contributed by atoms with van der Waals surface area (Å²) in [4.78, 5) is 23.8. The van der Waals surface area contributed by atoms with Crippen LogP contribution in [0.1, 0.15) is 48.0 Å². The Bertz CT molecular complexity index is 538. The van der Waals surface area contributed by atoms with Crippen molar-refractivity contribution in [2.45, 2.75) is 32.1 Å². The molecule has 1 fully saturated rings. The fraction of sp³-hybridized carbons (Fsp3) is 0.333. The molecule has 0 saturated heterocycles. The number of fused-ring (bicyclic) bond motifs is 1. The normalized spacial score (nSPS) is 24.0. The summed E-state index contributed by atoms with van der Waals surface area (Å²) in [5.41, 5.74) is 3.68. The fourth-order valence-electron chi connectivity index (χ4n) is 2.81. The van der Waals surface area contributed by atoms with E-state index >= 15 is 0 Å². The van der Waals surface area contributed by atoms with E-state index in [1.165, 1.54) is 0 Å². The molecule has 1 saturated carbocycles. The average Bonchev–Trinajstić information content (AvgIpc) is 2.68. The Balaban J connectivity index is 2.15. The number of allylic oxidation sites excluding steroid dienone is 2. The molecule has 1 aromatic rings. The zero-order chi connectivity index (χ0) is 11.8. The van der Waals surface area contributed by atoms with Gasteiger partial charge in [-0.2, -0.15) is 0 Å². The number of hydrogen-bond acceptors (Lipinski definition) is 2. The maximum absolute atomic E-state index is 11.9. The van der Waals surface area contributed by atoms with Gasteiger partial charge in [0.25, 0.3) is 0 Å². The van der Waals surface area contributed by atoms with E-state index in [0.29, 0.717) is 12.8 Å². The Morgan fingerprint density at radius 1 is 0.765 bits per heavy atom. The number of rotatable bonds is 0. The van der Waals surface area contributed by atoms with Crippen LogP contribution in [0, 0.1) is 0 Å². The highest BCUT2D eigenvalue weighted by Crippen LogP contribution is 2.37. The minimum Gasteiger partial charge on any atom is -0.295 e. The van der Waals surface area contributed by atoms with Crippen molar-refractivity contribution in [3.63, 3.8) is 0 Å². The maximum Gasteiger partial charge on any atom is 0.167 e. The Labute approximate surface area is 100 Å². The van der Waals surface area contributed by atoms with Crippen molar-refractivity contribution in [3.8, 4) is 0 Å². The predicted molar refractivity (Wildman–Crippen MR) is 65.8 cm³/mol. The van der Waals surface area contributed by atoms with Gasteiger partial charge >= 0.3 is 0 Å². The van der Waals surface area contributed by atoms with E-state index in [1.54, 1.807) is 0 Å². The standard InChI is InChI=1S/C15H14O2/c16-14-8-4-3-7-12(14)13-9-15(17)11-6-2-1-5-10(11)13/h1-2,5-6H,3-4,7-9H2/b13-12+. The second kappa shape index (κ2) is 3.95. The van der Waals surface area contributed by atoms with Crippen LogP contribution in [-0.4, -0.2) is 11.6 Å². The first-order valence-corrected chi connectivity index (χ1v) is 6.15. The lowest BCUT2D eigenvalue weighted by Crippen LogP contribution is -2.10. The lowest BCUT2D eigenvalue weighted by molar-refractivity contribution is -0.116. The molecule has 3 rings (SSSR count). The van der Waals surface area contributed by atoms with Crippen LogP contribution < -0.4 is 0 Å². The molecule has 0 N–H and O–H groups in total. The van der Waals surface area contributed by atoms with Gasteiger partial charge in [-0.05, 0) is 36.0 Å². The van der Waals surface area contributed by atoms with Crippen molar-refractivity contribution in [1.29, 1.82) is 0 Å². The van der Waals surface area contributed by atoms with Crippen molar-refractivity contribution < 1.29 is 9.59 Å². The molecule has 0 spiro atoms. The van der Waals surface area contributed by atoms with Crippen LogP contribution in [0.25, 0.3) is 5.57 Å². The molecule has 17 heavy (non-hydrogen) atoms. The summed E-state index contributed by atoms with van der Waals surface area (Å²) in [5.74, 6) is 0.400. The zero-order valence-corrected chi connectivity index (χ0v) is 9.66. The van der Waals surface area contributed by atoms with Gasteiger partial charge in [-0.15, -0.1) is 0 Å². The largest absolute Gasteiger partial charge is 0.295 e. The summed E-state index contributed by atoms with van der Waals surface area (Å²) >= 11 is 0. The molecular formula is C15H14O2. The van der Waals surface area contributed by atoms with E-state index in [2.05, 4.69) is 0 Å². The molecule has 2 aliphatic carbocycles. The van der Waals surface area contributed by atoms with E-state index in [0.717, 1.165) is 41.5 Å². The van der Waals surface area contributed by atoms with E-state index in [9.17, 15) is 9.59 Å². The van der Waals surface area contributed by atoms with E-state index in [-0.39, 0.29) is 11.6 Å². The first kappa shape index (κ1) is 10.5. The molecule has 0 unspecified atom stereocenters. The number of carbonyl (C=O) groups is 2. The third kappa shape index (κ3) is 1.64. The quantitative estimate of drug-likeness (QED) is 0.637. The summed E-state index contributed by atoms with van der Waals surface area (Å²) in [6.45, 7) is 0. The second-order valence-electron chi connectivity index (χ2n) is 4.73. The van der Waals surface area contributed by atoms with Gasteiger partial charge in [-0.25, -0.2) is 0 Å². The third-order valence-electron chi connectivity index (χ3n) is 3.67. The molecule has 0 aromatic heterocycles. The molecule has 0 amide bonds. The highest BCUT2D eigenvalue weighted by Gasteiger charge is 2.29. The molecule has 1 aromatic carbocycles. The Hall–Kier alpha value is -1.70. The molecule has 0 aliphatic heterocycles. The molecule has 0 radical (unpaired) electrons. The summed E-state index contributed by atoms with van der Waals surface area (Å²) in [5, 5.41) is 0. The van der Waals surface area contributed by atoms with Gasteiger partial charge in [0.2, 0.25) is 0 Å². The number of carbonyl (C=O) groups excluding carboxylic acids is 2. The topological polar surface area (TPSA) is 34.1 Å². The van der Waals surface area contributed by atoms with Crippen LogP contribution in [0.2, 0.25) is 0 Å². The monoisotopic (exact) mass is 226 g/mol. The smallest absolute Gasteiger partial charge is 0.167 e. The van der Waals surface area contributed by atoms with Gasteiger partial charge in [0.15, 0.2) is 11.6 Å². The molecule has 2 nitrogen and oxygen atoms in total. The van der Waals surface area contributed by atoms with Crippen LogP contribution in [0.5, 0.6) is 0 Å². The number of Topliss-reactive ketones (excluding diaryl/α,β-unsaturated/α-hetero) is 2. The van der Waals surface area contributed by atoms with Gasteiger partial charge in [-0.1, -0.05) is 24.3 Å². The van der Waals surface area contributed by atoms with Gasteiger partial charge in [0, 0.05) is 18.4 Å². The highest BCUT2D eigenvalue weighted by molar-refractivity contribution is 6.16. The first-order valence-electron chi connectivity index (χ1n) is 6.15. The highest BCUT2D eigenvalue weighted by atomic mass is 16.1. The first-order chi connectivity index (χ1) is 8.27. The van der Waals surface area contributed by atoms with Crippen LogP contribution in [0.4, 0.5) is 0 Å². The van der Waals surface area contributed by atoms with Crippen LogP contribution >= 0.6 is 0 Å². The Kier molecular flexibility index (Phi) is 2.43. The lowest BCUT2D eigenvalue weighted by Gasteiger charge is -2.15. The number of ketones is 2. The molecule has 86 valence electrons. The molecule has 0 atom stereocenters. The predicted octanol–water partition coefficient (Wildman–Crippen LogP) is 3.17. The van der Waals surface area contributed by atoms with E-state index in [1.807, 2.05) is 24.3 Å². The minimum atomic E-state index is 0.154. The van der Waals surface area contributed by atoms with Crippen LogP contribution in [-0.2, 0) is 4.79 Å². The van der Waals surface area contributed by atoms with Crippen LogP contribution in [0.3, 0.4) is 0 Å². The van der Waals surface area contributed by atoms with Crippen molar-refractivity contribution >= 4 is 17.1 Å². The molecule has 2 aliphatic rings. The molecule has 0 heterocycles. The summed E-state index contributed by atoms with van der Waals surface area (Å²) in [6, 6.07) is 7.64. The average molecular weight is 226 g/mol. The second-order valence-corrected chi connectivity index (χ2v) is 4.73. The molecule has 0 bridgehead atoms. The van der Waals surface area contributed by atoms with Crippen molar-refractivity contribution in [2.24, 2.45) is 0 Å². The van der Waals surface area contributed by atoms with Crippen molar-refractivity contribution in [3.05, 3.63) is 41.0 Å². The molecular weight excluding hydrogens is 212 g/mol. The Morgan fingerprint density at radius 3 is 2.24 bits per heavy atom. The number of hydrogen-bond donors (Lipinski definition) is 0. The van der Waals surface area contributed by atoms with Gasteiger partial charge in [0.05, 0.1) is 0 Å². The fourth-order valence-corrected chi connectivity index (χ4v) is 2.81. The summed E-state index contributed by atoms with van der Waals surface area (Å²) in [6.07, 6.45) is 3.97. The maximum atomic E-state index is 11.9. The lowest BCUT2D eigenvalue weighted by atomic mass is 9.88. The third-order valence-corrected chi connectivity index (χ3v) is 3.67. The van der Waals surface area contributed by atoms with E-state index < -0.39 is 0 Å².